The van der Waals surface area contributed by atoms with E-state index in [9.17, 15) is 10.1 Å². The molecule has 5 heteroatoms. The molecular weight excluding hydrogens is 320 g/mol. The molecule has 4 nitrogen and oxygen atoms in total. The summed E-state index contributed by atoms with van der Waals surface area (Å²) in [6.07, 6.45) is 5.44. The first-order chi connectivity index (χ1) is 9.47. The summed E-state index contributed by atoms with van der Waals surface area (Å²) in [5, 5.41) is 11.0. The van der Waals surface area contributed by atoms with Gasteiger partial charge in [0.1, 0.15) is 0 Å². The molecule has 1 aromatic carbocycles. The molecule has 0 spiro atoms. The molecule has 0 atom stereocenters. The highest BCUT2D eigenvalue weighted by atomic mass is 79.9. The first kappa shape index (κ1) is 15.4. The minimum Gasteiger partial charge on any atom is -0.330 e. The van der Waals surface area contributed by atoms with Gasteiger partial charge in [0.05, 0.1) is 9.40 Å². The lowest BCUT2D eigenvalue weighted by Crippen LogP contribution is -2.36. The van der Waals surface area contributed by atoms with Crippen molar-refractivity contribution < 1.29 is 4.92 Å². The predicted octanol–water partition coefficient (Wildman–Crippen LogP) is 4.06. The number of nitro benzene ring substituents is 1. The van der Waals surface area contributed by atoms with Gasteiger partial charge in [0.25, 0.3) is 5.69 Å². The Morgan fingerprint density at radius 2 is 2.10 bits per heavy atom. The zero-order chi connectivity index (χ0) is 14.8. The number of nitro groups is 1. The van der Waals surface area contributed by atoms with Crippen LogP contribution in [0.1, 0.15) is 38.2 Å². The number of hydrogen-bond donors (Lipinski definition) is 1. The fraction of sp³-hybridized carbons (Fsp3) is 0.600. The average Bonchev–Trinajstić information content (AvgIpc) is 2.43. The van der Waals surface area contributed by atoms with E-state index in [0.717, 1.165) is 30.7 Å². The minimum absolute atomic E-state index is 0.101. The summed E-state index contributed by atoms with van der Waals surface area (Å²) in [5.74, 6) is 0.767. The number of halogens is 1. The van der Waals surface area contributed by atoms with E-state index in [1.807, 2.05) is 6.07 Å². The van der Waals surface area contributed by atoms with E-state index in [0.29, 0.717) is 11.0 Å². The summed E-state index contributed by atoms with van der Waals surface area (Å²) in [7, 11) is 0. The third kappa shape index (κ3) is 3.20. The summed E-state index contributed by atoms with van der Waals surface area (Å²) >= 11 is 3.39. The first-order valence-electron chi connectivity index (χ1n) is 7.09. The van der Waals surface area contributed by atoms with Gasteiger partial charge in [-0.1, -0.05) is 31.9 Å². The summed E-state index contributed by atoms with van der Waals surface area (Å²) in [6.45, 7) is 2.93. The van der Waals surface area contributed by atoms with Gasteiger partial charge in [-0.25, -0.2) is 0 Å². The quantitative estimate of drug-likeness (QED) is 0.663. The Balaban J connectivity index is 2.24. The zero-order valence-corrected chi connectivity index (χ0v) is 13.4. The topological polar surface area (TPSA) is 69.2 Å². The van der Waals surface area contributed by atoms with Gasteiger partial charge in [0.15, 0.2) is 0 Å². The second-order valence-electron chi connectivity index (χ2n) is 6.07. The van der Waals surface area contributed by atoms with Crippen LogP contribution in [0.15, 0.2) is 22.7 Å². The molecule has 1 aromatic rings. The van der Waals surface area contributed by atoms with Crippen LogP contribution in [0.4, 0.5) is 5.69 Å². The highest BCUT2D eigenvalue weighted by Gasteiger charge is 2.34. The van der Waals surface area contributed by atoms with Crippen molar-refractivity contribution in [2.45, 2.75) is 39.0 Å². The molecule has 0 radical (unpaired) electrons. The highest BCUT2D eigenvalue weighted by molar-refractivity contribution is 9.10. The summed E-state index contributed by atoms with van der Waals surface area (Å²) in [4.78, 5) is 10.7. The van der Waals surface area contributed by atoms with Gasteiger partial charge < -0.3 is 5.73 Å². The first-order valence-corrected chi connectivity index (χ1v) is 7.88. The molecule has 2 N–H and O–H groups in total. The van der Waals surface area contributed by atoms with Gasteiger partial charge in [-0.15, -0.1) is 0 Å². The van der Waals surface area contributed by atoms with Crippen molar-refractivity contribution in [3.05, 3.63) is 38.3 Å². The number of benzene rings is 1. The van der Waals surface area contributed by atoms with Gasteiger partial charge in [-0.05, 0) is 58.6 Å². The van der Waals surface area contributed by atoms with E-state index in [-0.39, 0.29) is 16.0 Å². The Bertz CT molecular complexity index is 497. The Kier molecular flexibility index (Phi) is 4.81. The van der Waals surface area contributed by atoms with Gasteiger partial charge >= 0.3 is 0 Å². The van der Waals surface area contributed by atoms with Crippen LogP contribution in [0.2, 0.25) is 0 Å². The molecule has 0 heterocycles. The van der Waals surface area contributed by atoms with Crippen molar-refractivity contribution in [2.75, 3.05) is 6.54 Å². The molecule has 2 rings (SSSR count). The molecule has 1 aliphatic rings. The predicted molar refractivity (Wildman–Crippen MR) is 83.6 cm³/mol. The molecule has 20 heavy (non-hydrogen) atoms. The minimum atomic E-state index is -0.342. The normalized spacial score (nSPS) is 26.4. The Morgan fingerprint density at radius 1 is 1.45 bits per heavy atom. The molecular formula is C15H21BrN2O2. The summed E-state index contributed by atoms with van der Waals surface area (Å²) in [6, 6.07) is 5.26. The maximum Gasteiger partial charge on any atom is 0.283 e. The van der Waals surface area contributed by atoms with Crippen LogP contribution in [0.5, 0.6) is 0 Å². The van der Waals surface area contributed by atoms with E-state index < -0.39 is 0 Å². The van der Waals surface area contributed by atoms with Crippen molar-refractivity contribution in [3.63, 3.8) is 0 Å². The van der Waals surface area contributed by atoms with Gasteiger partial charge in [-0.2, -0.15) is 0 Å². The monoisotopic (exact) mass is 340 g/mol. The lowest BCUT2D eigenvalue weighted by Gasteiger charge is -2.39. The number of hydrogen-bond acceptors (Lipinski definition) is 3. The van der Waals surface area contributed by atoms with Gasteiger partial charge in [-0.3, -0.25) is 10.1 Å². The maximum absolute atomic E-state index is 11.0. The van der Waals surface area contributed by atoms with Gasteiger partial charge in [0, 0.05) is 6.07 Å². The SMILES string of the molecule is CC1CCC(CN)(Cc2cccc([N+](=O)[O-])c2Br)CC1. The van der Waals surface area contributed by atoms with Crippen LogP contribution < -0.4 is 5.73 Å². The summed E-state index contributed by atoms with van der Waals surface area (Å²) < 4.78 is 0.608. The standard InChI is InChI=1S/C15H21BrN2O2/c1-11-5-7-15(10-17,8-6-11)9-12-3-2-4-13(14(12)16)18(19)20/h2-4,11H,5-10,17H2,1H3. The Morgan fingerprint density at radius 3 is 2.65 bits per heavy atom. The Hall–Kier alpha value is -0.940. The van der Waals surface area contributed by atoms with E-state index in [4.69, 9.17) is 5.73 Å². The van der Waals surface area contributed by atoms with Crippen molar-refractivity contribution in [1.29, 1.82) is 0 Å². The third-order valence-electron chi connectivity index (χ3n) is 4.59. The zero-order valence-electron chi connectivity index (χ0n) is 11.8. The van der Waals surface area contributed by atoms with E-state index in [1.165, 1.54) is 18.9 Å². The molecule has 110 valence electrons. The van der Waals surface area contributed by atoms with E-state index in [2.05, 4.69) is 22.9 Å². The van der Waals surface area contributed by atoms with Crippen LogP contribution in [0.3, 0.4) is 0 Å². The number of rotatable bonds is 4. The van der Waals surface area contributed by atoms with Crippen LogP contribution in [0.25, 0.3) is 0 Å². The van der Waals surface area contributed by atoms with Crippen LogP contribution in [0, 0.1) is 21.4 Å². The number of nitrogens with two attached hydrogens (primary N) is 1. The fourth-order valence-corrected chi connectivity index (χ4v) is 3.62. The van der Waals surface area contributed by atoms with Crippen LogP contribution in [-0.2, 0) is 6.42 Å². The van der Waals surface area contributed by atoms with Crippen LogP contribution >= 0.6 is 15.9 Å². The second-order valence-corrected chi connectivity index (χ2v) is 6.86. The maximum atomic E-state index is 11.0. The average molecular weight is 341 g/mol. The molecule has 0 aliphatic heterocycles. The third-order valence-corrected chi connectivity index (χ3v) is 5.50. The lowest BCUT2D eigenvalue weighted by atomic mass is 9.68. The molecule has 1 aliphatic carbocycles. The largest absolute Gasteiger partial charge is 0.330 e. The smallest absolute Gasteiger partial charge is 0.283 e. The molecule has 0 unspecified atom stereocenters. The molecule has 0 aromatic heterocycles. The molecule has 1 fully saturated rings. The van der Waals surface area contributed by atoms with Crippen molar-refractivity contribution in [2.24, 2.45) is 17.1 Å². The Labute approximate surface area is 128 Å². The molecule has 1 saturated carbocycles. The van der Waals surface area contributed by atoms with Crippen LogP contribution in [-0.4, -0.2) is 11.5 Å². The van der Waals surface area contributed by atoms with Crippen molar-refractivity contribution in [3.8, 4) is 0 Å². The second kappa shape index (κ2) is 6.22. The van der Waals surface area contributed by atoms with Gasteiger partial charge in [0.2, 0.25) is 0 Å². The molecule has 0 bridgehead atoms. The van der Waals surface area contributed by atoms with Crippen molar-refractivity contribution >= 4 is 21.6 Å². The molecule has 0 amide bonds. The highest BCUT2D eigenvalue weighted by Crippen LogP contribution is 2.42. The number of nitrogens with zero attached hydrogens (tertiary/aromatic N) is 1. The fourth-order valence-electron chi connectivity index (χ4n) is 3.08. The lowest BCUT2D eigenvalue weighted by molar-refractivity contribution is -0.385. The molecule has 0 saturated heterocycles. The van der Waals surface area contributed by atoms with E-state index in [1.54, 1.807) is 6.07 Å². The van der Waals surface area contributed by atoms with E-state index >= 15 is 0 Å². The van der Waals surface area contributed by atoms with Crippen molar-refractivity contribution in [1.82, 2.24) is 0 Å². The summed E-state index contributed by atoms with van der Waals surface area (Å²) in [5.41, 5.74) is 7.27.